The number of rotatable bonds is 5. The Balaban J connectivity index is 2.32. The molecule has 0 aliphatic rings. The number of aromatic nitrogens is 2. The van der Waals surface area contributed by atoms with E-state index in [-0.39, 0.29) is 10.4 Å². The van der Waals surface area contributed by atoms with Crippen LogP contribution in [-0.2, 0) is 11.3 Å². The van der Waals surface area contributed by atoms with Gasteiger partial charge < -0.3 is 9.84 Å². The molecule has 0 saturated carbocycles. The molecule has 0 amide bonds. The molecular weight excluding hydrogens is 340 g/mol. The van der Waals surface area contributed by atoms with Crippen molar-refractivity contribution in [2.24, 2.45) is 0 Å². The first kappa shape index (κ1) is 17.3. The van der Waals surface area contributed by atoms with E-state index in [1.165, 1.54) is 0 Å². The van der Waals surface area contributed by atoms with E-state index in [0.29, 0.717) is 34.8 Å². The number of methoxy groups -OCH3 is 1. The van der Waals surface area contributed by atoms with E-state index < -0.39 is 5.97 Å². The molecule has 0 fully saturated rings. The fraction of sp³-hybridized carbons (Fsp3) is 0.278. The summed E-state index contributed by atoms with van der Waals surface area (Å²) in [5.74, 6) is -0.520. The lowest BCUT2D eigenvalue weighted by molar-refractivity contribution is 0.0701. The molecule has 3 rings (SSSR count). The van der Waals surface area contributed by atoms with Gasteiger partial charge in [-0.25, -0.2) is 9.78 Å². The molecule has 6 nitrogen and oxygen atoms in total. The molecular formula is C18H18N2O4S. The number of thiophene rings is 1. The number of aromatic carboxylic acids is 1. The monoisotopic (exact) mass is 358 g/mol. The van der Waals surface area contributed by atoms with Crippen molar-refractivity contribution in [3.8, 4) is 11.4 Å². The first-order valence-corrected chi connectivity index (χ1v) is 8.59. The molecule has 0 bridgehead atoms. The highest BCUT2D eigenvalue weighted by Gasteiger charge is 2.21. The van der Waals surface area contributed by atoms with Crippen molar-refractivity contribution < 1.29 is 14.6 Å². The van der Waals surface area contributed by atoms with E-state index in [1.54, 1.807) is 18.6 Å². The molecule has 0 saturated heterocycles. The van der Waals surface area contributed by atoms with E-state index in [2.05, 4.69) is 4.98 Å². The van der Waals surface area contributed by atoms with Crippen molar-refractivity contribution in [1.82, 2.24) is 9.55 Å². The van der Waals surface area contributed by atoms with Gasteiger partial charge in [-0.1, -0.05) is 29.8 Å². The highest BCUT2D eigenvalue weighted by Crippen LogP contribution is 2.29. The maximum atomic E-state index is 13.0. The molecule has 2 aromatic heterocycles. The van der Waals surface area contributed by atoms with Crippen LogP contribution in [0.3, 0.4) is 0 Å². The zero-order valence-electron chi connectivity index (χ0n) is 14.2. The lowest BCUT2D eigenvalue weighted by Gasteiger charge is -2.12. The van der Waals surface area contributed by atoms with Crippen LogP contribution < -0.4 is 5.56 Å². The van der Waals surface area contributed by atoms with Crippen molar-refractivity contribution >= 4 is 27.5 Å². The number of aryl methyl sites for hydroxylation is 2. The van der Waals surface area contributed by atoms with Gasteiger partial charge in [0.25, 0.3) is 5.56 Å². The van der Waals surface area contributed by atoms with Crippen LogP contribution in [-0.4, -0.2) is 34.3 Å². The number of carboxylic acid groups (broad SMARTS) is 1. The lowest BCUT2D eigenvalue weighted by Crippen LogP contribution is -2.25. The zero-order chi connectivity index (χ0) is 18.1. The second-order valence-electron chi connectivity index (χ2n) is 5.79. The van der Waals surface area contributed by atoms with Gasteiger partial charge in [0.05, 0.1) is 18.5 Å². The Bertz CT molecular complexity index is 1000. The van der Waals surface area contributed by atoms with Gasteiger partial charge in [-0.05, 0) is 19.4 Å². The molecule has 0 atom stereocenters. The molecule has 0 unspecified atom stereocenters. The fourth-order valence-electron chi connectivity index (χ4n) is 2.73. The molecule has 3 aromatic rings. The predicted octanol–water partition coefficient (Wildman–Crippen LogP) is 3.09. The van der Waals surface area contributed by atoms with E-state index in [0.717, 1.165) is 22.5 Å². The highest BCUT2D eigenvalue weighted by molar-refractivity contribution is 7.20. The van der Waals surface area contributed by atoms with Crippen molar-refractivity contribution in [2.75, 3.05) is 13.7 Å². The molecule has 1 N–H and O–H groups in total. The average molecular weight is 358 g/mol. The minimum atomic E-state index is -1.04. The standard InChI is InChI=1S/C18H18N2O4S/c1-10-4-6-12(7-5-10)15-19-16-13(11(2)14(25-16)18(22)23)17(21)20(15)8-9-24-3/h4-7H,8-9H2,1-3H3,(H,22,23). The lowest BCUT2D eigenvalue weighted by atomic mass is 10.1. The van der Waals surface area contributed by atoms with Gasteiger partial charge in [0.15, 0.2) is 0 Å². The number of hydrogen-bond acceptors (Lipinski definition) is 5. The topological polar surface area (TPSA) is 81.4 Å². The van der Waals surface area contributed by atoms with Gasteiger partial charge >= 0.3 is 5.97 Å². The van der Waals surface area contributed by atoms with Crippen LogP contribution in [0.1, 0.15) is 20.8 Å². The van der Waals surface area contributed by atoms with Gasteiger partial charge in [0.1, 0.15) is 15.5 Å². The summed E-state index contributed by atoms with van der Waals surface area (Å²) in [6.45, 7) is 4.35. The summed E-state index contributed by atoms with van der Waals surface area (Å²) in [4.78, 5) is 29.7. The fourth-order valence-corrected chi connectivity index (χ4v) is 3.74. The molecule has 7 heteroatoms. The van der Waals surface area contributed by atoms with Gasteiger partial charge in [-0.2, -0.15) is 0 Å². The largest absolute Gasteiger partial charge is 0.477 e. The van der Waals surface area contributed by atoms with E-state index >= 15 is 0 Å². The SMILES string of the molecule is COCCn1c(-c2ccc(C)cc2)nc2sc(C(=O)O)c(C)c2c1=O. The third-order valence-electron chi connectivity index (χ3n) is 4.07. The van der Waals surface area contributed by atoms with Crippen LogP contribution in [0.25, 0.3) is 21.6 Å². The summed E-state index contributed by atoms with van der Waals surface area (Å²) in [6.07, 6.45) is 0. The second kappa shape index (κ2) is 6.78. The molecule has 0 aliphatic carbocycles. The summed E-state index contributed by atoms with van der Waals surface area (Å²) in [5, 5.41) is 9.71. The quantitative estimate of drug-likeness (QED) is 0.758. The summed E-state index contributed by atoms with van der Waals surface area (Å²) >= 11 is 1.04. The number of carbonyl (C=O) groups is 1. The summed E-state index contributed by atoms with van der Waals surface area (Å²) in [6, 6.07) is 7.72. The van der Waals surface area contributed by atoms with Gasteiger partial charge in [0.2, 0.25) is 0 Å². The number of fused-ring (bicyclic) bond motifs is 1. The second-order valence-corrected chi connectivity index (χ2v) is 6.79. The highest BCUT2D eigenvalue weighted by atomic mass is 32.1. The van der Waals surface area contributed by atoms with E-state index in [9.17, 15) is 14.7 Å². The Labute approximate surface area is 148 Å². The third kappa shape index (κ3) is 3.08. The molecule has 0 spiro atoms. The maximum absolute atomic E-state index is 13.0. The van der Waals surface area contributed by atoms with E-state index in [1.807, 2.05) is 31.2 Å². The molecule has 0 radical (unpaired) electrons. The molecule has 130 valence electrons. The number of benzene rings is 1. The van der Waals surface area contributed by atoms with Crippen LogP contribution in [0.15, 0.2) is 29.1 Å². The first-order valence-electron chi connectivity index (χ1n) is 7.77. The van der Waals surface area contributed by atoms with Gasteiger partial charge in [-0.3, -0.25) is 9.36 Å². The Morgan fingerprint density at radius 1 is 1.28 bits per heavy atom. The third-order valence-corrected chi connectivity index (χ3v) is 5.25. The van der Waals surface area contributed by atoms with Gasteiger partial charge in [0, 0.05) is 12.7 Å². The summed E-state index contributed by atoms with van der Waals surface area (Å²) in [7, 11) is 1.57. The minimum absolute atomic E-state index is 0.152. The van der Waals surface area contributed by atoms with Crippen molar-refractivity contribution in [3.05, 3.63) is 50.6 Å². The molecule has 25 heavy (non-hydrogen) atoms. The summed E-state index contributed by atoms with van der Waals surface area (Å²) in [5.41, 5.74) is 2.14. The van der Waals surface area contributed by atoms with Gasteiger partial charge in [-0.15, -0.1) is 11.3 Å². The number of carboxylic acids is 1. The van der Waals surface area contributed by atoms with Crippen LogP contribution in [0, 0.1) is 13.8 Å². The zero-order valence-corrected chi connectivity index (χ0v) is 15.0. The smallest absolute Gasteiger partial charge is 0.346 e. The minimum Gasteiger partial charge on any atom is -0.477 e. The number of hydrogen-bond donors (Lipinski definition) is 1. The Kier molecular flexibility index (Phi) is 4.69. The Morgan fingerprint density at radius 2 is 1.96 bits per heavy atom. The van der Waals surface area contributed by atoms with Crippen LogP contribution in [0.5, 0.6) is 0 Å². The average Bonchev–Trinajstić information content (AvgIpc) is 2.92. The normalized spacial score (nSPS) is 11.2. The number of nitrogens with zero attached hydrogens (tertiary/aromatic N) is 2. The molecule has 0 aliphatic heterocycles. The maximum Gasteiger partial charge on any atom is 0.346 e. The predicted molar refractivity (Wildman–Crippen MR) is 97.6 cm³/mol. The summed E-state index contributed by atoms with van der Waals surface area (Å²) < 4.78 is 6.67. The van der Waals surface area contributed by atoms with Crippen LogP contribution in [0.2, 0.25) is 0 Å². The van der Waals surface area contributed by atoms with Crippen LogP contribution in [0.4, 0.5) is 0 Å². The van der Waals surface area contributed by atoms with Crippen LogP contribution >= 0.6 is 11.3 Å². The first-order chi connectivity index (χ1) is 11.9. The van der Waals surface area contributed by atoms with Crippen molar-refractivity contribution in [1.29, 1.82) is 0 Å². The molecule has 2 heterocycles. The van der Waals surface area contributed by atoms with E-state index in [4.69, 9.17) is 4.74 Å². The number of ether oxygens (including phenoxy) is 1. The molecule has 1 aromatic carbocycles. The Hall–Kier alpha value is -2.51. The van der Waals surface area contributed by atoms with Crippen molar-refractivity contribution in [2.45, 2.75) is 20.4 Å². The Morgan fingerprint density at radius 3 is 2.56 bits per heavy atom. The van der Waals surface area contributed by atoms with Crippen molar-refractivity contribution in [3.63, 3.8) is 0 Å².